The predicted molar refractivity (Wildman–Crippen MR) is 166 cm³/mol. The number of hydrogen-bond donors (Lipinski definition) is 1. The lowest BCUT2D eigenvalue weighted by atomic mass is 10.0. The zero-order valence-electron chi connectivity index (χ0n) is 25.9. The van der Waals surface area contributed by atoms with Crippen molar-refractivity contribution in [2.24, 2.45) is 4.99 Å². The third-order valence-electron chi connectivity index (χ3n) is 7.83. The van der Waals surface area contributed by atoms with Crippen molar-refractivity contribution in [2.75, 3.05) is 24.5 Å². The number of carbonyl (C=O) groups is 1. The van der Waals surface area contributed by atoms with E-state index < -0.39 is 23.7 Å². The summed E-state index contributed by atoms with van der Waals surface area (Å²) in [5.74, 6) is -1.48. The number of phenols is 1. The van der Waals surface area contributed by atoms with Gasteiger partial charge in [0.15, 0.2) is 5.82 Å². The summed E-state index contributed by atoms with van der Waals surface area (Å²) in [5, 5.41) is 10.6. The number of amidine groups is 1. The largest absolute Gasteiger partial charge is 0.507 e. The van der Waals surface area contributed by atoms with E-state index in [0.29, 0.717) is 36.7 Å². The maximum Gasteiger partial charge on any atom is 0.246 e. The van der Waals surface area contributed by atoms with Gasteiger partial charge in [-0.1, -0.05) is 26.5 Å². The first-order chi connectivity index (χ1) is 20.9. The molecule has 1 fully saturated rings. The van der Waals surface area contributed by atoms with Crippen LogP contribution in [0.15, 0.2) is 54.2 Å². The molecule has 1 amide bonds. The Morgan fingerprint density at radius 2 is 1.91 bits per heavy atom. The van der Waals surface area contributed by atoms with Crippen molar-refractivity contribution >= 4 is 23.2 Å². The van der Waals surface area contributed by atoms with Crippen molar-refractivity contribution in [1.29, 1.82) is 0 Å². The van der Waals surface area contributed by atoms with Gasteiger partial charge in [0.1, 0.15) is 28.9 Å². The zero-order chi connectivity index (χ0) is 31.9. The summed E-state index contributed by atoms with van der Waals surface area (Å²) in [4.78, 5) is 32.4. The molecule has 1 aromatic carbocycles. The second-order valence-electron chi connectivity index (χ2n) is 11.7. The van der Waals surface area contributed by atoms with Gasteiger partial charge in [-0.3, -0.25) is 14.7 Å². The van der Waals surface area contributed by atoms with Gasteiger partial charge in [0.2, 0.25) is 12.3 Å². The Morgan fingerprint density at radius 1 is 1.16 bits per heavy atom. The number of ether oxygens (including phenoxy) is 1. The van der Waals surface area contributed by atoms with Crippen LogP contribution in [0.25, 0.3) is 11.3 Å². The number of phenolic OH excluding ortho intramolecular Hbond substituents is 1. The van der Waals surface area contributed by atoms with E-state index in [-0.39, 0.29) is 41.0 Å². The molecule has 11 heteroatoms. The molecule has 0 radical (unpaired) electrons. The van der Waals surface area contributed by atoms with E-state index >= 15 is 8.78 Å². The number of anilines is 2. The van der Waals surface area contributed by atoms with E-state index in [2.05, 4.69) is 11.6 Å². The molecule has 4 heterocycles. The molecule has 3 aromatic rings. The molecule has 2 aromatic heterocycles. The molecule has 2 aliphatic rings. The fraction of sp³-hybridized carbons (Fsp3) is 0.394. The van der Waals surface area contributed by atoms with Gasteiger partial charge in [-0.2, -0.15) is 0 Å². The summed E-state index contributed by atoms with van der Waals surface area (Å²) in [6, 6.07) is 6.77. The quantitative estimate of drug-likeness (QED) is 0.351. The van der Waals surface area contributed by atoms with Crippen LogP contribution in [0, 0.1) is 18.6 Å². The van der Waals surface area contributed by atoms with Gasteiger partial charge in [0, 0.05) is 31.9 Å². The molecule has 232 valence electrons. The topological polar surface area (TPSA) is 94.4 Å². The average Bonchev–Trinajstić information content (AvgIpc) is 2.96. The van der Waals surface area contributed by atoms with E-state index in [0.717, 1.165) is 17.3 Å². The second kappa shape index (κ2) is 12.3. The molecule has 5 rings (SSSR count). The molecule has 2 aliphatic heterocycles. The number of aliphatic imine (C=N–C) groups is 1. The number of benzene rings is 1. The number of rotatable bonds is 6. The third kappa shape index (κ3) is 5.63. The van der Waals surface area contributed by atoms with Crippen molar-refractivity contribution in [3.63, 3.8) is 0 Å². The summed E-state index contributed by atoms with van der Waals surface area (Å²) >= 11 is 0. The van der Waals surface area contributed by atoms with Gasteiger partial charge in [-0.25, -0.2) is 18.8 Å². The van der Waals surface area contributed by atoms with E-state index in [1.807, 2.05) is 52.5 Å². The number of aromatic nitrogens is 2. The van der Waals surface area contributed by atoms with Crippen molar-refractivity contribution in [3.8, 4) is 17.0 Å². The fourth-order valence-electron chi connectivity index (χ4n) is 5.78. The molecular weight excluding hydrogens is 566 g/mol. The van der Waals surface area contributed by atoms with E-state index in [1.165, 1.54) is 24.3 Å². The molecule has 2 atom stereocenters. The first kappa shape index (κ1) is 31.1. The molecule has 0 saturated carbocycles. The van der Waals surface area contributed by atoms with Crippen LogP contribution in [0.3, 0.4) is 0 Å². The standard InChI is InChI=1S/C33H38F2N6O3/c1-8-26(43)39-14-15-40(21(7)17-39)31-22-16-24(35)29(27-23(34)10-9-11-25(27)42)37-32(22)41(33(38-31)44-19(4)5)30-20(6)12-13-36-28(30)18(2)3/h8-13,16,18-19,21,33,42H,1,14-15,17H2,2-7H3/t21-,33?/m0/s1. The lowest BCUT2D eigenvalue weighted by Gasteiger charge is -2.45. The first-order valence-electron chi connectivity index (χ1n) is 14.8. The molecule has 1 saturated heterocycles. The van der Waals surface area contributed by atoms with Crippen LogP contribution in [0.2, 0.25) is 0 Å². The van der Waals surface area contributed by atoms with Gasteiger partial charge < -0.3 is 19.6 Å². The Balaban J connectivity index is 1.78. The van der Waals surface area contributed by atoms with Gasteiger partial charge in [0.05, 0.1) is 28.6 Å². The number of amides is 1. The minimum atomic E-state index is -0.932. The van der Waals surface area contributed by atoms with Crippen LogP contribution in [0.4, 0.5) is 20.3 Å². The second-order valence-corrected chi connectivity index (χ2v) is 11.7. The van der Waals surface area contributed by atoms with E-state index in [4.69, 9.17) is 14.7 Å². The number of halogens is 2. The molecule has 9 nitrogen and oxygen atoms in total. The highest BCUT2D eigenvalue weighted by molar-refractivity contribution is 6.06. The number of carbonyl (C=O) groups excluding carboxylic acids is 1. The van der Waals surface area contributed by atoms with Gasteiger partial charge in [0.25, 0.3) is 0 Å². The number of pyridine rings is 2. The van der Waals surface area contributed by atoms with Gasteiger partial charge in [-0.15, -0.1) is 0 Å². The zero-order valence-corrected chi connectivity index (χ0v) is 25.9. The third-order valence-corrected chi connectivity index (χ3v) is 7.83. The monoisotopic (exact) mass is 604 g/mol. The summed E-state index contributed by atoms with van der Waals surface area (Å²) < 4.78 is 37.6. The number of nitrogens with zero attached hydrogens (tertiary/aromatic N) is 6. The lowest BCUT2D eigenvalue weighted by Crippen LogP contribution is -2.57. The lowest BCUT2D eigenvalue weighted by molar-refractivity contribution is -0.128. The van der Waals surface area contributed by atoms with Crippen LogP contribution >= 0.6 is 0 Å². The van der Waals surface area contributed by atoms with Crippen molar-refractivity contribution in [2.45, 2.75) is 66.0 Å². The summed E-state index contributed by atoms with van der Waals surface area (Å²) in [5.41, 5.74) is 2.04. The molecule has 44 heavy (non-hydrogen) atoms. The average molecular weight is 605 g/mol. The van der Waals surface area contributed by atoms with Crippen LogP contribution in [-0.4, -0.2) is 74.7 Å². The van der Waals surface area contributed by atoms with Crippen molar-refractivity contribution in [1.82, 2.24) is 19.8 Å². The number of aromatic hydroxyl groups is 1. The molecule has 1 unspecified atom stereocenters. The summed E-state index contributed by atoms with van der Waals surface area (Å²) in [6.45, 7) is 16.6. The molecule has 1 N–H and O–H groups in total. The van der Waals surface area contributed by atoms with E-state index in [1.54, 1.807) is 16.0 Å². The number of piperazine rings is 1. The molecule has 0 spiro atoms. The minimum absolute atomic E-state index is 0.00412. The number of aryl methyl sites for hydroxylation is 1. The minimum Gasteiger partial charge on any atom is -0.507 e. The molecule has 0 aliphatic carbocycles. The number of fused-ring (bicyclic) bond motifs is 1. The van der Waals surface area contributed by atoms with Crippen LogP contribution in [0.5, 0.6) is 5.75 Å². The van der Waals surface area contributed by atoms with Gasteiger partial charge in [-0.05, 0) is 69.5 Å². The highest BCUT2D eigenvalue weighted by Crippen LogP contribution is 2.43. The maximum atomic E-state index is 16.1. The Bertz CT molecular complexity index is 1600. The Morgan fingerprint density at radius 3 is 2.55 bits per heavy atom. The normalized spacial score (nSPS) is 18.5. The van der Waals surface area contributed by atoms with Crippen LogP contribution in [-0.2, 0) is 9.53 Å². The smallest absolute Gasteiger partial charge is 0.246 e. The molecule has 0 bridgehead atoms. The van der Waals surface area contributed by atoms with Crippen molar-refractivity contribution < 1.29 is 23.4 Å². The highest BCUT2D eigenvalue weighted by atomic mass is 19.1. The Kier molecular flexibility index (Phi) is 8.69. The Hall–Kier alpha value is -4.38. The Labute approximate surface area is 256 Å². The first-order valence-corrected chi connectivity index (χ1v) is 14.8. The SMILES string of the molecule is C=CC(=O)N1CCN(C2=NC(OC(C)C)N(c3c(C)ccnc3C(C)C)c3nc(-c4c(O)cccc4F)c(F)cc32)[C@@H](C)C1. The number of hydrogen-bond acceptors (Lipinski definition) is 8. The maximum absolute atomic E-state index is 16.1. The summed E-state index contributed by atoms with van der Waals surface area (Å²) in [7, 11) is 0. The van der Waals surface area contributed by atoms with Crippen LogP contribution in [0.1, 0.15) is 57.4 Å². The molecular formula is C33H38F2N6O3. The van der Waals surface area contributed by atoms with Crippen molar-refractivity contribution in [3.05, 3.63) is 77.6 Å². The fourth-order valence-corrected chi connectivity index (χ4v) is 5.78. The highest BCUT2D eigenvalue weighted by Gasteiger charge is 2.40. The predicted octanol–water partition coefficient (Wildman–Crippen LogP) is 5.88. The van der Waals surface area contributed by atoms with E-state index in [9.17, 15) is 9.90 Å². The van der Waals surface area contributed by atoms with Crippen LogP contribution < -0.4 is 4.90 Å². The summed E-state index contributed by atoms with van der Waals surface area (Å²) in [6.07, 6.45) is 1.84. The van der Waals surface area contributed by atoms with Gasteiger partial charge >= 0.3 is 0 Å².